The number of rotatable bonds is 5. The van der Waals surface area contributed by atoms with Gasteiger partial charge in [0.1, 0.15) is 11.9 Å². The number of amides is 4. The first-order valence-corrected chi connectivity index (χ1v) is 9.69. The molecule has 1 unspecified atom stereocenters. The van der Waals surface area contributed by atoms with Crippen LogP contribution in [0.1, 0.15) is 53.0 Å². The second-order valence-corrected chi connectivity index (χ2v) is 7.67. The molecule has 0 saturated carbocycles. The smallest absolute Gasteiger partial charge is 0.256 e. The average Bonchev–Trinajstić information content (AvgIpc) is 3.01. The number of benzene rings is 1. The lowest BCUT2D eigenvalue weighted by atomic mass is 10.0. The molecule has 9 heteroatoms. The third kappa shape index (κ3) is 4.35. The molecule has 0 bridgehead atoms. The zero-order chi connectivity index (χ0) is 22.0. The molecule has 6 N–H and O–H groups in total. The van der Waals surface area contributed by atoms with E-state index in [0.29, 0.717) is 22.4 Å². The van der Waals surface area contributed by atoms with Gasteiger partial charge in [0.05, 0.1) is 0 Å². The summed E-state index contributed by atoms with van der Waals surface area (Å²) in [7, 11) is 0. The van der Waals surface area contributed by atoms with Gasteiger partial charge in [-0.2, -0.15) is 0 Å². The number of carbonyl (C=O) groups is 4. The van der Waals surface area contributed by atoms with Crippen molar-refractivity contribution in [1.29, 1.82) is 0 Å². The van der Waals surface area contributed by atoms with Crippen LogP contribution in [0, 0.1) is 5.92 Å². The normalized spacial score (nSPS) is 19.8. The zero-order valence-corrected chi connectivity index (χ0v) is 16.9. The molecule has 30 heavy (non-hydrogen) atoms. The van der Waals surface area contributed by atoms with Gasteiger partial charge >= 0.3 is 0 Å². The fourth-order valence-corrected chi connectivity index (χ4v) is 3.34. The summed E-state index contributed by atoms with van der Waals surface area (Å²) in [5, 5.41) is 4.84. The van der Waals surface area contributed by atoms with Crippen molar-refractivity contribution in [1.82, 2.24) is 15.5 Å². The topological polar surface area (TPSA) is 148 Å². The largest absolute Gasteiger partial charge is 0.402 e. The molecule has 0 aliphatic carbocycles. The molecule has 1 atom stereocenters. The third-order valence-corrected chi connectivity index (χ3v) is 5.17. The summed E-state index contributed by atoms with van der Waals surface area (Å²) in [5.41, 5.74) is 13.7. The molecule has 1 aromatic carbocycles. The van der Waals surface area contributed by atoms with Gasteiger partial charge in [0, 0.05) is 29.8 Å². The van der Waals surface area contributed by atoms with Crippen molar-refractivity contribution < 1.29 is 19.2 Å². The van der Waals surface area contributed by atoms with Crippen LogP contribution in [0.4, 0.5) is 0 Å². The SMILES string of the molecule is CC(C)/C(N)=C/C=C(\N)NC(=O)c1ccc2c(c1)CN(C1CCC(=O)NC1=O)C2=O. The molecule has 2 heterocycles. The number of fused-ring (bicyclic) bond motifs is 1. The van der Waals surface area contributed by atoms with Crippen LogP contribution in [-0.2, 0) is 16.1 Å². The lowest BCUT2D eigenvalue weighted by Gasteiger charge is -2.29. The Morgan fingerprint density at radius 3 is 2.63 bits per heavy atom. The van der Waals surface area contributed by atoms with Gasteiger partial charge in [-0.3, -0.25) is 24.5 Å². The maximum atomic E-state index is 12.7. The van der Waals surface area contributed by atoms with Crippen LogP contribution < -0.4 is 22.1 Å². The van der Waals surface area contributed by atoms with Gasteiger partial charge in [-0.1, -0.05) is 13.8 Å². The molecular weight excluding hydrogens is 386 g/mol. The van der Waals surface area contributed by atoms with E-state index in [9.17, 15) is 19.2 Å². The Morgan fingerprint density at radius 2 is 1.97 bits per heavy atom. The Kier molecular flexibility index (Phi) is 5.91. The summed E-state index contributed by atoms with van der Waals surface area (Å²) < 4.78 is 0. The Bertz CT molecular complexity index is 980. The second-order valence-electron chi connectivity index (χ2n) is 7.67. The summed E-state index contributed by atoms with van der Waals surface area (Å²) in [6, 6.07) is 4.01. The molecule has 0 spiro atoms. The molecule has 4 amide bonds. The highest BCUT2D eigenvalue weighted by Gasteiger charge is 2.39. The summed E-state index contributed by atoms with van der Waals surface area (Å²) in [6.07, 6.45) is 3.63. The van der Waals surface area contributed by atoms with E-state index in [1.807, 2.05) is 13.8 Å². The molecule has 1 aromatic rings. The number of hydrogen-bond acceptors (Lipinski definition) is 6. The highest BCUT2D eigenvalue weighted by molar-refractivity contribution is 6.06. The number of hydrogen-bond donors (Lipinski definition) is 4. The van der Waals surface area contributed by atoms with Crippen LogP contribution in [0.3, 0.4) is 0 Å². The Balaban J connectivity index is 1.72. The van der Waals surface area contributed by atoms with Crippen molar-refractivity contribution in [3.63, 3.8) is 0 Å². The highest BCUT2D eigenvalue weighted by atomic mass is 16.2. The highest BCUT2D eigenvalue weighted by Crippen LogP contribution is 2.28. The van der Waals surface area contributed by atoms with Crippen LogP contribution in [0.25, 0.3) is 0 Å². The number of nitrogens with zero attached hydrogens (tertiary/aromatic N) is 1. The quantitative estimate of drug-likeness (QED) is 0.409. The van der Waals surface area contributed by atoms with Crippen LogP contribution in [0.2, 0.25) is 0 Å². The Hall–Kier alpha value is -3.62. The first kappa shape index (κ1) is 21.1. The van der Waals surface area contributed by atoms with Gasteiger partial charge in [0.25, 0.3) is 11.8 Å². The predicted molar refractivity (Wildman–Crippen MR) is 109 cm³/mol. The predicted octanol–water partition coefficient (Wildman–Crippen LogP) is 0.476. The summed E-state index contributed by atoms with van der Waals surface area (Å²) in [4.78, 5) is 50.1. The second kappa shape index (κ2) is 8.40. The summed E-state index contributed by atoms with van der Waals surface area (Å²) in [5.74, 6) is -1.22. The molecule has 2 aliphatic heterocycles. The van der Waals surface area contributed by atoms with E-state index in [1.165, 1.54) is 17.0 Å². The van der Waals surface area contributed by atoms with E-state index in [4.69, 9.17) is 11.5 Å². The molecule has 0 aromatic heterocycles. The number of carbonyl (C=O) groups excluding carboxylic acids is 4. The number of allylic oxidation sites excluding steroid dienone is 3. The van der Waals surface area contributed by atoms with Crippen molar-refractivity contribution in [2.45, 2.75) is 39.3 Å². The molecule has 0 radical (unpaired) electrons. The minimum atomic E-state index is -0.698. The maximum absolute atomic E-state index is 12.7. The number of imide groups is 1. The van der Waals surface area contributed by atoms with Crippen LogP contribution in [-0.4, -0.2) is 34.6 Å². The van der Waals surface area contributed by atoms with E-state index in [0.717, 1.165) is 0 Å². The van der Waals surface area contributed by atoms with E-state index in [2.05, 4.69) is 10.6 Å². The first-order chi connectivity index (χ1) is 14.2. The Morgan fingerprint density at radius 1 is 1.23 bits per heavy atom. The summed E-state index contributed by atoms with van der Waals surface area (Å²) >= 11 is 0. The lowest BCUT2D eigenvalue weighted by molar-refractivity contribution is -0.136. The van der Waals surface area contributed by atoms with Gasteiger partial charge in [-0.25, -0.2) is 0 Å². The van der Waals surface area contributed by atoms with Crippen LogP contribution in [0.15, 0.2) is 41.9 Å². The molecule has 2 aliphatic rings. The number of nitrogens with one attached hydrogen (secondary N) is 2. The minimum absolute atomic E-state index is 0.144. The molecule has 1 fully saturated rings. The van der Waals surface area contributed by atoms with Crippen molar-refractivity contribution in [2.24, 2.45) is 17.4 Å². The van der Waals surface area contributed by atoms with Crippen molar-refractivity contribution in [3.05, 3.63) is 58.6 Å². The minimum Gasteiger partial charge on any atom is -0.402 e. The van der Waals surface area contributed by atoms with Gasteiger partial charge in [-0.05, 0) is 48.3 Å². The third-order valence-electron chi connectivity index (χ3n) is 5.17. The van der Waals surface area contributed by atoms with E-state index in [-0.39, 0.29) is 42.9 Å². The van der Waals surface area contributed by atoms with Gasteiger partial charge < -0.3 is 21.7 Å². The molecule has 1 saturated heterocycles. The van der Waals surface area contributed by atoms with Crippen LogP contribution in [0.5, 0.6) is 0 Å². The van der Waals surface area contributed by atoms with Crippen molar-refractivity contribution in [3.8, 4) is 0 Å². The fraction of sp³-hybridized carbons (Fsp3) is 0.333. The van der Waals surface area contributed by atoms with Crippen molar-refractivity contribution in [2.75, 3.05) is 0 Å². The van der Waals surface area contributed by atoms with E-state index in [1.54, 1.807) is 18.2 Å². The first-order valence-electron chi connectivity index (χ1n) is 9.69. The number of nitrogens with two attached hydrogens (primary N) is 2. The van der Waals surface area contributed by atoms with E-state index < -0.39 is 17.9 Å². The monoisotopic (exact) mass is 411 g/mol. The standard InChI is InChI=1S/C21H25N5O4/c1-11(2)15(22)5-7-17(23)24-19(28)12-3-4-14-13(9-12)10-26(21(14)30)16-6-8-18(27)25-20(16)29/h3-5,7,9,11,16H,6,8,10,22-23H2,1-2H3,(H,24,28)(H,25,27,29)/b15-5-,17-7+. The molecular formula is C21H25N5O4. The van der Waals surface area contributed by atoms with Crippen LogP contribution >= 0.6 is 0 Å². The molecule has 3 rings (SSSR count). The molecule has 9 nitrogen and oxygen atoms in total. The van der Waals surface area contributed by atoms with Gasteiger partial charge in [0.15, 0.2) is 0 Å². The van der Waals surface area contributed by atoms with E-state index >= 15 is 0 Å². The van der Waals surface area contributed by atoms with Gasteiger partial charge in [0.2, 0.25) is 11.8 Å². The van der Waals surface area contributed by atoms with Gasteiger partial charge in [-0.15, -0.1) is 0 Å². The fourth-order valence-electron chi connectivity index (χ4n) is 3.34. The Labute approximate surface area is 174 Å². The zero-order valence-electron chi connectivity index (χ0n) is 16.9. The maximum Gasteiger partial charge on any atom is 0.256 e. The molecule has 158 valence electrons. The number of piperidine rings is 1. The average molecular weight is 411 g/mol. The lowest BCUT2D eigenvalue weighted by Crippen LogP contribution is -2.52. The van der Waals surface area contributed by atoms with Crippen molar-refractivity contribution >= 4 is 23.6 Å². The summed E-state index contributed by atoms with van der Waals surface area (Å²) in [6.45, 7) is 4.08.